The summed E-state index contributed by atoms with van der Waals surface area (Å²) >= 11 is 3.43. The van der Waals surface area contributed by atoms with Gasteiger partial charge in [0.2, 0.25) is 11.8 Å². The van der Waals surface area contributed by atoms with Gasteiger partial charge < -0.3 is 10.2 Å². The summed E-state index contributed by atoms with van der Waals surface area (Å²) < 4.78 is 29.8. The number of non-ortho nitro benzene ring substituents is 1. The highest BCUT2D eigenvalue weighted by Crippen LogP contribution is 2.27. The third kappa shape index (κ3) is 8.79. The standard InChI is InChI=1S/C34H35BrN4O6S/c1-3-25(2)36-34(41)32(22-26-10-6-4-7-11-26)37(23-27-14-16-28(35)17-15-27)33(40)24-38(29-18-20-30(21-19-29)39(42)43)46(44,45)31-12-8-5-9-13-31/h4-21,25,32H,3,22-24H2,1-2H3,(H,36,41)/t25-,32+/m0/s1. The normalized spacial score (nSPS) is 12.5. The Morgan fingerprint density at radius 3 is 2.02 bits per heavy atom. The molecule has 4 aromatic carbocycles. The van der Waals surface area contributed by atoms with Crippen LogP contribution < -0.4 is 9.62 Å². The Balaban J connectivity index is 1.81. The van der Waals surface area contributed by atoms with Crippen LogP contribution in [0.3, 0.4) is 0 Å². The quantitative estimate of drug-likeness (QED) is 0.124. The summed E-state index contributed by atoms with van der Waals surface area (Å²) in [5.41, 5.74) is 1.40. The number of anilines is 1. The molecule has 0 aromatic heterocycles. The highest BCUT2D eigenvalue weighted by molar-refractivity contribution is 9.10. The van der Waals surface area contributed by atoms with E-state index in [0.29, 0.717) is 6.42 Å². The summed E-state index contributed by atoms with van der Waals surface area (Å²) in [6.07, 6.45) is 0.863. The minimum atomic E-state index is -4.31. The number of hydrogen-bond donors (Lipinski definition) is 1. The van der Waals surface area contributed by atoms with Crippen LogP contribution in [0.4, 0.5) is 11.4 Å². The molecule has 2 amide bonds. The summed E-state index contributed by atoms with van der Waals surface area (Å²) in [6.45, 7) is 3.18. The van der Waals surface area contributed by atoms with Gasteiger partial charge in [-0.15, -0.1) is 0 Å². The summed E-state index contributed by atoms with van der Waals surface area (Å²) in [4.78, 5) is 40.4. The van der Waals surface area contributed by atoms with E-state index in [0.717, 1.165) is 19.9 Å². The van der Waals surface area contributed by atoms with Crippen molar-refractivity contribution in [2.75, 3.05) is 10.8 Å². The molecule has 4 rings (SSSR count). The van der Waals surface area contributed by atoms with Gasteiger partial charge in [0.15, 0.2) is 0 Å². The average molecular weight is 708 g/mol. The zero-order chi connectivity index (χ0) is 33.3. The van der Waals surface area contributed by atoms with Crippen molar-refractivity contribution < 1.29 is 22.9 Å². The Morgan fingerprint density at radius 2 is 1.46 bits per heavy atom. The van der Waals surface area contributed by atoms with Crippen LogP contribution in [0, 0.1) is 10.1 Å². The summed E-state index contributed by atoms with van der Waals surface area (Å²) in [5.74, 6) is -0.988. The molecule has 0 aliphatic heterocycles. The molecule has 4 aromatic rings. The molecule has 46 heavy (non-hydrogen) atoms. The molecule has 0 aliphatic rings. The summed E-state index contributed by atoms with van der Waals surface area (Å²) in [5, 5.41) is 14.3. The van der Waals surface area contributed by atoms with Crippen LogP contribution in [-0.2, 0) is 32.6 Å². The molecule has 0 radical (unpaired) electrons. The van der Waals surface area contributed by atoms with E-state index in [1.807, 2.05) is 68.4 Å². The van der Waals surface area contributed by atoms with Crippen molar-refractivity contribution in [2.45, 2.75) is 50.2 Å². The van der Waals surface area contributed by atoms with E-state index in [2.05, 4.69) is 21.2 Å². The molecule has 0 heterocycles. The van der Waals surface area contributed by atoms with Gasteiger partial charge in [-0.2, -0.15) is 0 Å². The lowest BCUT2D eigenvalue weighted by molar-refractivity contribution is -0.384. The molecule has 10 nitrogen and oxygen atoms in total. The van der Waals surface area contributed by atoms with Crippen LogP contribution in [0.5, 0.6) is 0 Å². The number of nitrogens with zero attached hydrogens (tertiary/aromatic N) is 3. The van der Waals surface area contributed by atoms with Crippen LogP contribution in [0.2, 0.25) is 0 Å². The lowest BCUT2D eigenvalue weighted by Gasteiger charge is -2.34. The topological polar surface area (TPSA) is 130 Å². The number of amides is 2. The smallest absolute Gasteiger partial charge is 0.269 e. The van der Waals surface area contributed by atoms with Gasteiger partial charge in [-0.3, -0.25) is 24.0 Å². The summed E-state index contributed by atoms with van der Waals surface area (Å²) in [7, 11) is -4.31. The first-order valence-corrected chi connectivity index (χ1v) is 16.9. The number of nitro benzene ring substituents is 1. The number of nitro groups is 1. The van der Waals surface area contributed by atoms with Gasteiger partial charge in [-0.05, 0) is 60.9 Å². The second-order valence-corrected chi connectivity index (χ2v) is 13.5. The van der Waals surface area contributed by atoms with E-state index in [9.17, 15) is 28.1 Å². The number of halogens is 1. The highest BCUT2D eigenvalue weighted by Gasteiger charge is 2.35. The fourth-order valence-corrected chi connectivity index (χ4v) is 6.47. The molecule has 240 valence electrons. The number of hydrogen-bond acceptors (Lipinski definition) is 6. The Morgan fingerprint density at radius 1 is 0.870 bits per heavy atom. The fourth-order valence-electron chi connectivity index (χ4n) is 4.77. The van der Waals surface area contributed by atoms with E-state index in [1.165, 1.54) is 41.3 Å². The lowest BCUT2D eigenvalue weighted by Crippen LogP contribution is -2.54. The maximum Gasteiger partial charge on any atom is 0.269 e. The molecule has 12 heteroatoms. The van der Waals surface area contributed by atoms with E-state index in [-0.39, 0.29) is 41.2 Å². The second-order valence-electron chi connectivity index (χ2n) is 10.8. The van der Waals surface area contributed by atoms with Crippen LogP contribution in [-0.4, -0.2) is 48.7 Å². The van der Waals surface area contributed by atoms with Crippen molar-refractivity contribution in [3.8, 4) is 0 Å². The van der Waals surface area contributed by atoms with Crippen molar-refractivity contribution in [1.82, 2.24) is 10.2 Å². The van der Waals surface area contributed by atoms with Crippen molar-refractivity contribution in [3.05, 3.63) is 135 Å². The van der Waals surface area contributed by atoms with E-state index < -0.39 is 33.4 Å². The molecular formula is C34H35BrN4O6S. The molecule has 0 saturated heterocycles. The van der Waals surface area contributed by atoms with Crippen LogP contribution in [0.1, 0.15) is 31.4 Å². The van der Waals surface area contributed by atoms with E-state index in [1.54, 1.807) is 18.2 Å². The average Bonchev–Trinajstić information content (AvgIpc) is 3.06. The van der Waals surface area contributed by atoms with Gasteiger partial charge in [0.1, 0.15) is 12.6 Å². The maximum absolute atomic E-state index is 14.5. The first-order valence-electron chi connectivity index (χ1n) is 14.7. The Kier molecular flexibility index (Phi) is 11.7. The number of nitrogens with one attached hydrogen (secondary N) is 1. The predicted octanol–water partition coefficient (Wildman–Crippen LogP) is 6.11. The number of carbonyl (C=O) groups is 2. The Labute approximate surface area is 277 Å². The number of sulfonamides is 1. The van der Waals surface area contributed by atoms with Gasteiger partial charge in [-0.25, -0.2) is 8.42 Å². The van der Waals surface area contributed by atoms with Gasteiger partial charge in [0.25, 0.3) is 15.7 Å². The highest BCUT2D eigenvalue weighted by atomic mass is 79.9. The molecule has 0 fully saturated rings. The van der Waals surface area contributed by atoms with E-state index >= 15 is 0 Å². The van der Waals surface area contributed by atoms with Crippen LogP contribution in [0.15, 0.2) is 119 Å². The minimum absolute atomic E-state index is 0.0248. The molecule has 0 bridgehead atoms. The largest absolute Gasteiger partial charge is 0.352 e. The lowest BCUT2D eigenvalue weighted by atomic mass is 10.0. The van der Waals surface area contributed by atoms with E-state index in [4.69, 9.17) is 0 Å². The van der Waals surface area contributed by atoms with Crippen LogP contribution in [0.25, 0.3) is 0 Å². The van der Waals surface area contributed by atoms with Gasteiger partial charge in [0, 0.05) is 35.6 Å². The first-order chi connectivity index (χ1) is 22.0. The van der Waals surface area contributed by atoms with Crippen LogP contribution >= 0.6 is 15.9 Å². The molecule has 0 saturated carbocycles. The molecule has 0 unspecified atom stereocenters. The molecular weight excluding hydrogens is 672 g/mol. The number of carbonyl (C=O) groups excluding carboxylic acids is 2. The zero-order valence-electron chi connectivity index (χ0n) is 25.5. The van der Waals surface area contributed by atoms with Crippen molar-refractivity contribution in [2.24, 2.45) is 0 Å². The second kappa shape index (κ2) is 15.6. The number of rotatable bonds is 14. The van der Waals surface area contributed by atoms with Gasteiger partial charge in [0.05, 0.1) is 15.5 Å². The Bertz CT molecular complexity index is 1740. The summed E-state index contributed by atoms with van der Waals surface area (Å²) in [6, 6.07) is 28.0. The van der Waals surface area contributed by atoms with Crippen molar-refractivity contribution >= 4 is 49.1 Å². The molecule has 2 atom stereocenters. The first kappa shape index (κ1) is 34.3. The molecule has 0 spiro atoms. The number of benzene rings is 4. The fraction of sp³-hybridized carbons (Fsp3) is 0.235. The monoisotopic (exact) mass is 706 g/mol. The zero-order valence-corrected chi connectivity index (χ0v) is 27.9. The molecule has 0 aliphatic carbocycles. The Hall–Kier alpha value is -4.55. The maximum atomic E-state index is 14.5. The third-order valence-corrected chi connectivity index (χ3v) is 9.81. The van der Waals surface area contributed by atoms with Gasteiger partial charge in [-0.1, -0.05) is 83.5 Å². The van der Waals surface area contributed by atoms with Gasteiger partial charge >= 0.3 is 0 Å². The van der Waals surface area contributed by atoms with Crippen molar-refractivity contribution in [3.63, 3.8) is 0 Å². The third-order valence-electron chi connectivity index (χ3n) is 7.50. The SMILES string of the molecule is CC[C@H](C)NC(=O)[C@@H](Cc1ccccc1)N(Cc1ccc(Br)cc1)C(=O)CN(c1ccc([N+](=O)[O-])cc1)S(=O)(=O)c1ccccc1. The minimum Gasteiger partial charge on any atom is -0.352 e. The van der Waals surface area contributed by atoms with Crippen molar-refractivity contribution in [1.29, 1.82) is 0 Å². The molecule has 1 N–H and O–H groups in total. The predicted molar refractivity (Wildman–Crippen MR) is 181 cm³/mol.